The lowest BCUT2D eigenvalue weighted by atomic mass is 10.0. The lowest BCUT2D eigenvalue weighted by molar-refractivity contribution is 0.345. The molecular weight excluding hydrogens is 232 g/mol. The number of benzene rings is 1. The van der Waals surface area contributed by atoms with Crippen LogP contribution in [0.4, 0.5) is 0 Å². The summed E-state index contributed by atoms with van der Waals surface area (Å²) in [6, 6.07) is 9.00. The van der Waals surface area contributed by atoms with E-state index in [1.807, 2.05) is 30.3 Å². The van der Waals surface area contributed by atoms with Crippen molar-refractivity contribution in [2.75, 3.05) is 14.2 Å². The van der Waals surface area contributed by atoms with E-state index < -0.39 is 0 Å². The van der Waals surface area contributed by atoms with Gasteiger partial charge in [-0.25, -0.2) is 5.43 Å². The Bertz CT molecular complexity index is 497. The third-order valence-electron chi connectivity index (χ3n) is 2.74. The van der Waals surface area contributed by atoms with Crippen LogP contribution in [0.2, 0.25) is 0 Å². The Morgan fingerprint density at radius 2 is 2.00 bits per heavy atom. The Morgan fingerprint density at radius 1 is 1.17 bits per heavy atom. The number of hydrogen-bond donors (Lipinski definition) is 2. The quantitative estimate of drug-likeness (QED) is 0.624. The van der Waals surface area contributed by atoms with Gasteiger partial charge in [0.1, 0.15) is 11.8 Å². The molecule has 2 aromatic rings. The highest BCUT2D eigenvalue weighted by atomic mass is 16.5. The van der Waals surface area contributed by atoms with Gasteiger partial charge in [-0.1, -0.05) is 12.1 Å². The first-order chi connectivity index (χ1) is 8.81. The summed E-state index contributed by atoms with van der Waals surface area (Å²) in [5.41, 5.74) is 3.57. The Morgan fingerprint density at radius 3 is 2.56 bits per heavy atom. The molecule has 1 heterocycles. The number of rotatable bonds is 5. The first-order valence-corrected chi connectivity index (χ1v) is 5.52. The number of hydrogen-bond acceptors (Lipinski definition) is 5. The zero-order chi connectivity index (χ0) is 13.0. The highest BCUT2D eigenvalue weighted by Gasteiger charge is 2.21. The maximum absolute atomic E-state index is 5.60. The number of nitrogens with two attached hydrogens (primary N) is 1. The van der Waals surface area contributed by atoms with Gasteiger partial charge in [-0.15, -0.1) is 0 Å². The van der Waals surface area contributed by atoms with E-state index in [9.17, 15) is 0 Å². The topological polar surface area (TPSA) is 69.7 Å². The van der Waals surface area contributed by atoms with Crippen molar-refractivity contribution in [3.05, 3.63) is 47.9 Å². The van der Waals surface area contributed by atoms with Crippen molar-refractivity contribution in [2.24, 2.45) is 5.84 Å². The summed E-state index contributed by atoms with van der Waals surface area (Å²) in [7, 11) is 3.19. The molecule has 18 heavy (non-hydrogen) atoms. The van der Waals surface area contributed by atoms with Gasteiger partial charge < -0.3 is 13.9 Å². The second kappa shape index (κ2) is 5.57. The van der Waals surface area contributed by atoms with Crippen molar-refractivity contribution in [1.29, 1.82) is 0 Å². The average molecular weight is 248 g/mol. The van der Waals surface area contributed by atoms with Crippen molar-refractivity contribution in [3.63, 3.8) is 0 Å². The molecule has 0 fully saturated rings. The minimum Gasteiger partial charge on any atom is -0.493 e. The summed E-state index contributed by atoms with van der Waals surface area (Å²) < 4.78 is 16.0. The van der Waals surface area contributed by atoms with Crippen molar-refractivity contribution >= 4 is 0 Å². The van der Waals surface area contributed by atoms with E-state index in [0.717, 1.165) is 5.56 Å². The van der Waals surface area contributed by atoms with Crippen molar-refractivity contribution in [2.45, 2.75) is 6.04 Å². The van der Waals surface area contributed by atoms with E-state index in [1.54, 1.807) is 20.5 Å². The number of ether oxygens (including phenoxy) is 2. The Hall–Kier alpha value is -1.98. The maximum Gasteiger partial charge on any atom is 0.165 e. The van der Waals surface area contributed by atoms with Crippen LogP contribution >= 0.6 is 0 Å². The lowest BCUT2D eigenvalue weighted by Gasteiger charge is -2.18. The summed E-state index contributed by atoms with van der Waals surface area (Å²) in [5.74, 6) is 7.61. The van der Waals surface area contributed by atoms with Crippen LogP contribution in [0.1, 0.15) is 17.4 Å². The molecule has 1 unspecified atom stereocenters. The molecule has 1 aromatic heterocycles. The monoisotopic (exact) mass is 248 g/mol. The van der Waals surface area contributed by atoms with Crippen LogP contribution in [-0.2, 0) is 0 Å². The molecule has 5 nitrogen and oxygen atoms in total. The minimum absolute atomic E-state index is 0.287. The van der Waals surface area contributed by atoms with Gasteiger partial charge in [-0.05, 0) is 18.2 Å². The molecule has 5 heteroatoms. The Kier molecular flexibility index (Phi) is 3.86. The number of para-hydroxylation sites is 1. The molecule has 0 saturated heterocycles. The second-order valence-corrected chi connectivity index (χ2v) is 3.70. The van der Waals surface area contributed by atoms with Crippen LogP contribution < -0.4 is 20.7 Å². The van der Waals surface area contributed by atoms with Gasteiger partial charge in [0.05, 0.1) is 20.5 Å². The molecule has 0 saturated carbocycles. The van der Waals surface area contributed by atoms with Crippen LogP contribution in [-0.4, -0.2) is 14.2 Å². The van der Waals surface area contributed by atoms with E-state index in [2.05, 4.69) is 5.43 Å². The van der Waals surface area contributed by atoms with E-state index in [1.165, 1.54) is 0 Å². The van der Waals surface area contributed by atoms with E-state index in [-0.39, 0.29) is 6.04 Å². The average Bonchev–Trinajstić information content (AvgIpc) is 2.93. The number of nitrogens with one attached hydrogen (secondary N) is 1. The van der Waals surface area contributed by atoms with Crippen LogP contribution in [0.15, 0.2) is 41.0 Å². The molecule has 0 aliphatic carbocycles. The first kappa shape index (κ1) is 12.5. The van der Waals surface area contributed by atoms with Gasteiger partial charge in [0, 0.05) is 5.56 Å². The minimum atomic E-state index is -0.287. The van der Waals surface area contributed by atoms with Crippen molar-refractivity contribution in [3.8, 4) is 11.5 Å². The van der Waals surface area contributed by atoms with E-state index >= 15 is 0 Å². The Labute approximate surface area is 105 Å². The first-order valence-electron chi connectivity index (χ1n) is 5.52. The smallest absolute Gasteiger partial charge is 0.165 e. The molecule has 1 atom stereocenters. The van der Waals surface area contributed by atoms with Gasteiger partial charge in [-0.2, -0.15) is 0 Å². The third kappa shape index (κ3) is 2.18. The fourth-order valence-corrected chi connectivity index (χ4v) is 1.92. The predicted octanol–water partition coefficient (Wildman–Crippen LogP) is 1.85. The summed E-state index contributed by atoms with van der Waals surface area (Å²) >= 11 is 0. The molecule has 0 aliphatic heterocycles. The van der Waals surface area contributed by atoms with Gasteiger partial charge in [0.25, 0.3) is 0 Å². The highest BCUT2D eigenvalue weighted by molar-refractivity contribution is 5.49. The molecule has 0 bridgehead atoms. The summed E-state index contributed by atoms with van der Waals surface area (Å²) in [6.45, 7) is 0. The fraction of sp³-hybridized carbons (Fsp3) is 0.231. The Balaban J connectivity index is 2.48. The number of furan rings is 1. The number of methoxy groups -OCH3 is 2. The summed E-state index contributed by atoms with van der Waals surface area (Å²) in [6.07, 6.45) is 1.60. The fourth-order valence-electron chi connectivity index (χ4n) is 1.92. The third-order valence-corrected chi connectivity index (χ3v) is 2.74. The lowest BCUT2D eigenvalue weighted by Crippen LogP contribution is -2.28. The molecule has 1 aromatic carbocycles. The molecule has 2 rings (SSSR count). The van der Waals surface area contributed by atoms with Crippen molar-refractivity contribution < 1.29 is 13.9 Å². The molecule has 0 radical (unpaired) electrons. The largest absolute Gasteiger partial charge is 0.493 e. The van der Waals surface area contributed by atoms with Crippen molar-refractivity contribution in [1.82, 2.24) is 5.43 Å². The molecule has 0 spiro atoms. The molecule has 0 amide bonds. The molecule has 0 aliphatic rings. The number of hydrazine groups is 1. The maximum atomic E-state index is 5.60. The molecule has 3 N–H and O–H groups in total. The summed E-state index contributed by atoms with van der Waals surface area (Å²) in [5, 5.41) is 0. The van der Waals surface area contributed by atoms with Crippen LogP contribution in [0.5, 0.6) is 11.5 Å². The van der Waals surface area contributed by atoms with E-state index in [4.69, 9.17) is 19.7 Å². The SMILES string of the molecule is COc1cccc(C(NN)c2ccco2)c1OC. The van der Waals surface area contributed by atoms with Gasteiger partial charge >= 0.3 is 0 Å². The van der Waals surface area contributed by atoms with Gasteiger partial charge in [-0.3, -0.25) is 5.84 Å². The zero-order valence-corrected chi connectivity index (χ0v) is 10.3. The van der Waals surface area contributed by atoms with Crippen LogP contribution in [0.3, 0.4) is 0 Å². The second-order valence-electron chi connectivity index (χ2n) is 3.70. The van der Waals surface area contributed by atoms with Crippen LogP contribution in [0.25, 0.3) is 0 Å². The van der Waals surface area contributed by atoms with Gasteiger partial charge in [0.15, 0.2) is 11.5 Å². The zero-order valence-electron chi connectivity index (χ0n) is 10.3. The normalized spacial score (nSPS) is 12.2. The van der Waals surface area contributed by atoms with Gasteiger partial charge in [0.2, 0.25) is 0 Å². The predicted molar refractivity (Wildman–Crippen MR) is 67.4 cm³/mol. The summed E-state index contributed by atoms with van der Waals surface area (Å²) in [4.78, 5) is 0. The van der Waals surface area contributed by atoms with Crippen LogP contribution in [0, 0.1) is 0 Å². The van der Waals surface area contributed by atoms with E-state index in [0.29, 0.717) is 17.3 Å². The molecular formula is C13H16N2O3. The molecule has 96 valence electrons. The standard InChI is InChI=1S/C13H16N2O3/c1-16-11-6-3-5-9(13(11)17-2)12(15-14)10-7-4-8-18-10/h3-8,12,15H,14H2,1-2H3. The highest BCUT2D eigenvalue weighted by Crippen LogP contribution is 2.36.